The number of piperazine rings is 1. The summed E-state index contributed by atoms with van der Waals surface area (Å²) in [7, 11) is 0. The van der Waals surface area contributed by atoms with Gasteiger partial charge in [0.1, 0.15) is 0 Å². The maximum atomic E-state index is 12.3. The fourth-order valence-corrected chi connectivity index (χ4v) is 2.32. The highest BCUT2D eigenvalue weighted by Gasteiger charge is 2.21. The average Bonchev–Trinajstić information content (AvgIpc) is 2.32. The molecule has 1 fully saturated rings. The Morgan fingerprint density at radius 3 is 2.83 bits per heavy atom. The molecule has 1 amide bonds. The quantitative estimate of drug-likeness (QED) is 0.857. The van der Waals surface area contributed by atoms with E-state index in [4.69, 9.17) is 0 Å². The smallest absolute Gasteiger partial charge is 0.253 e. The molecule has 1 aliphatic heterocycles. The van der Waals surface area contributed by atoms with Crippen LogP contribution in [0.1, 0.15) is 22.8 Å². The second-order valence-electron chi connectivity index (χ2n) is 4.57. The van der Waals surface area contributed by atoms with Gasteiger partial charge < -0.3 is 10.2 Å². The molecular weight excluding hydrogens is 316 g/mol. The van der Waals surface area contributed by atoms with Gasteiger partial charge in [-0.05, 0) is 37.6 Å². The van der Waals surface area contributed by atoms with Crippen LogP contribution in [-0.4, -0.2) is 36.5 Å². The Morgan fingerprint density at radius 2 is 2.22 bits per heavy atom. The molecule has 1 N–H and O–H groups in total. The lowest BCUT2D eigenvalue weighted by molar-refractivity contribution is 0.0709. The van der Waals surface area contributed by atoms with E-state index >= 15 is 0 Å². The molecule has 1 saturated heterocycles. The van der Waals surface area contributed by atoms with Gasteiger partial charge in [0, 0.05) is 35.7 Å². The highest BCUT2D eigenvalue weighted by Crippen LogP contribution is 2.18. The molecule has 0 bridgehead atoms. The van der Waals surface area contributed by atoms with Crippen molar-refractivity contribution in [2.24, 2.45) is 0 Å². The first-order valence-corrected chi connectivity index (χ1v) is 6.66. The zero-order valence-corrected chi connectivity index (χ0v) is 13.0. The van der Waals surface area contributed by atoms with Gasteiger partial charge in [-0.15, -0.1) is 12.4 Å². The lowest BCUT2D eigenvalue weighted by Crippen LogP contribution is -2.51. The van der Waals surface area contributed by atoms with Crippen molar-refractivity contribution in [3.05, 3.63) is 33.8 Å². The van der Waals surface area contributed by atoms with Crippen LogP contribution in [0.15, 0.2) is 22.7 Å². The van der Waals surface area contributed by atoms with Gasteiger partial charge in [0.25, 0.3) is 5.91 Å². The fraction of sp³-hybridized carbons (Fsp3) is 0.462. The lowest BCUT2D eigenvalue weighted by Gasteiger charge is -2.32. The topological polar surface area (TPSA) is 32.3 Å². The molecule has 0 aromatic heterocycles. The summed E-state index contributed by atoms with van der Waals surface area (Å²) in [6, 6.07) is 6.14. The van der Waals surface area contributed by atoms with Crippen molar-refractivity contribution in [1.29, 1.82) is 0 Å². The van der Waals surface area contributed by atoms with Crippen LogP contribution in [0, 0.1) is 6.92 Å². The highest BCUT2D eigenvalue weighted by atomic mass is 79.9. The van der Waals surface area contributed by atoms with Crippen molar-refractivity contribution >= 4 is 34.2 Å². The van der Waals surface area contributed by atoms with E-state index in [-0.39, 0.29) is 18.3 Å². The summed E-state index contributed by atoms with van der Waals surface area (Å²) >= 11 is 3.45. The van der Waals surface area contributed by atoms with Crippen LogP contribution in [0.4, 0.5) is 0 Å². The number of nitrogens with one attached hydrogen (secondary N) is 1. The fourth-order valence-electron chi connectivity index (χ4n) is 2.08. The Kier molecular flexibility index (Phi) is 5.63. The molecule has 2 rings (SSSR count). The van der Waals surface area contributed by atoms with E-state index < -0.39 is 0 Å². The monoisotopic (exact) mass is 332 g/mol. The van der Waals surface area contributed by atoms with Gasteiger partial charge in [0.05, 0.1) is 0 Å². The van der Waals surface area contributed by atoms with Crippen molar-refractivity contribution in [3.8, 4) is 0 Å². The Morgan fingerprint density at radius 1 is 1.50 bits per heavy atom. The third-order valence-electron chi connectivity index (χ3n) is 3.06. The molecule has 1 aromatic carbocycles. The molecule has 1 unspecified atom stereocenters. The van der Waals surface area contributed by atoms with E-state index in [1.54, 1.807) is 0 Å². The number of benzene rings is 1. The Hall–Kier alpha value is -0.580. The van der Waals surface area contributed by atoms with Gasteiger partial charge in [0.2, 0.25) is 0 Å². The van der Waals surface area contributed by atoms with Gasteiger partial charge in [-0.3, -0.25) is 4.79 Å². The number of aryl methyl sites for hydroxylation is 1. The second-order valence-corrected chi connectivity index (χ2v) is 5.42. The largest absolute Gasteiger partial charge is 0.336 e. The molecule has 0 aliphatic carbocycles. The second kappa shape index (κ2) is 6.55. The zero-order valence-electron chi connectivity index (χ0n) is 10.6. The summed E-state index contributed by atoms with van der Waals surface area (Å²) < 4.78 is 1.04. The molecular formula is C13H18BrClN2O. The van der Waals surface area contributed by atoms with Crippen LogP contribution in [0.3, 0.4) is 0 Å². The predicted octanol–water partition coefficient (Wildman–Crippen LogP) is 2.61. The number of halogens is 2. The van der Waals surface area contributed by atoms with Gasteiger partial charge in [-0.25, -0.2) is 0 Å². The van der Waals surface area contributed by atoms with Crippen LogP contribution < -0.4 is 5.32 Å². The number of amides is 1. The molecule has 1 aliphatic rings. The molecule has 100 valence electrons. The van der Waals surface area contributed by atoms with Crippen molar-refractivity contribution in [3.63, 3.8) is 0 Å². The Labute approximate surface area is 122 Å². The van der Waals surface area contributed by atoms with Crippen molar-refractivity contribution in [1.82, 2.24) is 10.2 Å². The van der Waals surface area contributed by atoms with Crippen LogP contribution in [0.5, 0.6) is 0 Å². The Balaban J connectivity index is 0.00000162. The Bertz CT molecular complexity index is 439. The predicted molar refractivity (Wildman–Crippen MR) is 79.5 cm³/mol. The number of rotatable bonds is 1. The minimum Gasteiger partial charge on any atom is -0.336 e. The molecule has 1 heterocycles. The zero-order chi connectivity index (χ0) is 12.4. The minimum atomic E-state index is 0. The van der Waals surface area contributed by atoms with Crippen molar-refractivity contribution in [2.45, 2.75) is 19.9 Å². The number of hydrogen-bond acceptors (Lipinski definition) is 2. The summed E-state index contributed by atoms with van der Waals surface area (Å²) in [6.07, 6.45) is 0. The van der Waals surface area contributed by atoms with E-state index in [1.165, 1.54) is 0 Å². The molecule has 1 aromatic rings. The minimum absolute atomic E-state index is 0. The third kappa shape index (κ3) is 3.46. The summed E-state index contributed by atoms with van der Waals surface area (Å²) in [4.78, 5) is 14.2. The van der Waals surface area contributed by atoms with Crippen LogP contribution in [0.2, 0.25) is 0 Å². The van der Waals surface area contributed by atoms with Crippen molar-refractivity contribution in [2.75, 3.05) is 19.6 Å². The van der Waals surface area contributed by atoms with Crippen LogP contribution >= 0.6 is 28.3 Å². The standard InChI is InChI=1S/C13H17BrN2O.ClH/c1-9-7-11(3-4-12(9)14)13(17)16-6-5-15-10(2)8-16;/h3-4,7,10,15H,5-6,8H2,1-2H3;1H. The first-order valence-electron chi connectivity index (χ1n) is 5.87. The van der Waals surface area contributed by atoms with Crippen molar-refractivity contribution < 1.29 is 4.79 Å². The maximum Gasteiger partial charge on any atom is 0.253 e. The van der Waals surface area contributed by atoms with Gasteiger partial charge in [0.15, 0.2) is 0 Å². The lowest BCUT2D eigenvalue weighted by atomic mass is 10.1. The molecule has 18 heavy (non-hydrogen) atoms. The molecule has 1 atom stereocenters. The van der Waals surface area contributed by atoms with Gasteiger partial charge >= 0.3 is 0 Å². The number of nitrogens with zero attached hydrogens (tertiary/aromatic N) is 1. The molecule has 0 radical (unpaired) electrons. The summed E-state index contributed by atoms with van der Waals surface area (Å²) in [5.41, 5.74) is 1.87. The number of carbonyl (C=O) groups excluding carboxylic acids is 1. The highest BCUT2D eigenvalue weighted by molar-refractivity contribution is 9.10. The van der Waals surface area contributed by atoms with E-state index in [0.29, 0.717) is 6.04 Å². The number of hydrogen-bond donors (Lipinski definition) is 1. The van der Waals surface area contributed by atoms with Gasteiger partial charge in [-0.2, -0.15) is 0 Å². The van der Waals surface area contributed by atoms with E-state index in [1.807, 2.05) is 30.0 Å². The molecule has 0 saturated carbocycles. The SMILES string of the molecule is Cc1cc(C(=O)N2CCNC(C)C2)ccc1Br.Cl. The molecule has 0 spiro atoms. The summed E-state index contributed by atoms with van der Waals surface area (Å²) in [6.45, 7) is 6.56. The van der Waals surface area contributed by atoms with E-state index in [2.05, 4.69) is 28.2 Å². The first kappa shape index (κ1) is 15.5. The third-order valence-corrected chi connectivity index (χ3v) is 3.95. The molecule has 3 nitrogen and oxygen atoms in total. The van der Waals surface area contributed by atoms with Crippen LogP contribution in [0.25, 0.3) is 0 Å². The van der Waals surface area contributed by atoms with Crippen LogP contribution in [-0.2, 0) is 0 Å². The summed E-state index contributed by atoms with van der Waals surface area (Å²) in [5, 5.41) is 3.34. The molecule has 5 heteroatoms. The number of carbonyl (C=O) groups is 1. The maximum absolute atomic E-state index is 12.3. The van der Waals surface area contributed by atoms with E-state index in [0.717, 1.165) is 35.2 Å². The van der Waals surface area contributed by atoms with Gasteiger partial charge in [-0.1, -0.05) is 15.9 Å². The normalized spacial score (nSPS) is 19.3. The first-order chi connectivity index (χ1) is 8.08. The average molecular weight is 334 g/mol. The van der Waals surface area contributed by atoms with E-state index in [9.17, 15) is 4.79 Å². The summed E-state index contributed by atoms with van der Waals surface area (Å²) in [5.74, 6) is 0.133.